The van der Waals surface area contributed by atoms with Crippen molar-refractivity contribution in [1.82, 2.24) is 20.4 Å². The highest BCUT2D eigenvalue weighted by Crippen LogP contribution is 2.40. The molecule has 0 aromatic carbocycles. The van der Waals surface area contributed by atoms with Gasteiger partial charge in [0.15, 0.2) is 17.7 Å². The quantitative estimate of drug-likeness (QED) is 0.0339. The minimum absolute atomic E-state index is 0.00633. The molecule has 17 heteroatoms. The molecule has 3 fully saturated rings. The number of hydrogen-bond acceptors (Lipinski definition) is 13. The number of carbonyl (C=O) groups excluding carboxylic acids is 4. The molecular weight excluding hydrogens is 738 g/mol. The number of esters is 1. The van der Waals surface area contributed by atoms with Crippen LogP contribution in [0.3, 0.4) is 0 Å². The predicted molar refractivity (Wildman–Crippen MR) is 213 cm³/mol. The lowest BCUT2D eigenvalue weighted by Gasteiger charge is -2.47. The molecule has 2 N–H and O–H groups in total. The molecule has 0 spiro atoms. The van der Waals surface area contributed by atoms with Crippen molar-refractivity contribution in [3.05, 3.63) is 23.1 Å². The van der Waals surface area contributed by atoms with Gasteiger partial charge in [-0.2, -0.15) is 0 Å². The molecule has 0 aliphatic carbocycles. The van der Waals surface area contributed by atoms with Crippen LogP contribution in [0.2, 0.25) is 0 Å². The zero-order valence-electron chi connectivity index (χ0n) is 36.0. The van der Waals surface area contributed by atoms with Gasteiger partial charge in [-0.25, -0.2) is 9.59 Å². The Morgan fingerprint density at radius 2 is 1.88 bits per heavy atom. The SMILES string of the molecule is C=CCOC(=O)NCC1CC(N(C)C)C(C)[C@H](O[C@@H]2[C@@H](C)C(=O)[C@@H](C)C(=O)O[C@H](CC)[C@@]3(C)OC(=O)N(CCCCN=[N+]=[N-])[C@@H]3[C@@H](C)NC[C@H](C)C[C@@]2(C)OC)O1. The molecule has 0 aromatic heterocycles. The van der Waals surface area contributed by atoms with Gasteiger partial charge in [-0.05, 0) is 91.9 Å². The van der Waals surface area contributed by atoms with E-state index in [1.807, 2.05) is 41.8 Å². The number of rotatable bonds is 14. The topological polar surface area (TPSA) is 203 Å². The molecule has 3 unspecified atom stereocenters. The van der Waals surface area contributed by atoms with Crippen LogP contribution in [0.15, 0.2) is 17.8 Å². The molecule has 0 bridgehead atoms. The van der Waals surface area contributed by atoms with Crippen LogP contribution in [-0.2, 0) is 38.0 Å². The first-order valence-corrected chi connectivity index (χ1v) is 20.4. The number of fused-ring (bicyclic) bond motifs is 1. The number of unbranched alkanes of at least 4 members (excludes halogenated alkanes) is 1. The number of azide groups is 1. The Balaban J connectivity index is 2.00. The van der Waals surface area contributed by atoms with Crippen LogP contribution in [0.1, 0.15) is 87.5 Å². The second-order valence-electron chi connectivity index (χ2n) is 16.7. The fourth-order valence-corrected chi connectivity index (χ4v) is 8.90. The second-order valence-corrected chi connectivity index (χ2v) is 16.7. The van der Waals surface area contributed by atoms with Crippen molar-refractivity contribution in [3.63, 3.8) is 0 Å². The molecular formula is C40H69N7O10. The molecule has 324 valence electrons. The smallest absolute Gasteiger partial charge is 0.410 e. The summed E-state index contributed by atoms with van der Waals surface area (Å²) >= 11 is 0. The molecule has 0 radical (unpaired) electrons. The molecule has 3 aliphatic heterocycles. The lowest BCUT2D eigenvalue weighted by Crippen LogP contribution is -2.61. The molecule has 17 nitrogen and oxygen atoms in total. The lowest BCUT2D eigenvalue weighted by atomic mass is 9.78. The Labute approximate surface area is 338 Å². The number of nitrogens with zero attached hydrogens (tertiary/aromatic N) is 5. The van der Waals surface area contributed by atoms with E-state index in [0.717, 1.165) is 0 Å². The normalized spacial score (nSPS) is 36.9. The molecule has 3 heterocycles. The summed E-state index contributed by atoms with van der Waals surface area (Å²) in [4.78, 5) is 60.9. The molecule has 3 aliphatic rings. The van der Waals surface area contributed by atoms with E-state index in [4.69, 9.17) is 34.0 Å². The maximum atomic E-state index is 14.5. The largest absolute Gasteiger partial charge is 0.458 e. The summed E-state index contributed by atoms with van der Waals surface area (Å²) in [5.41, 5.74) is 6.42. The number of nitrogens with one attached hydrogen (secondary N) is 2. The Morgan fingerprint density at radius 1 is 1.18 bits per heavy atom. The Hall–Kier alpha value is -3.47. The fourth-order valence-electron chi connectivity index (χ4n) is 8.90. The molecule has 0 saturated carbocycles. The van der Waals surface area contributed by atoms with Gasteiger partial charge in [-0.15, -0.1) is 0 Å². The van der Waals surface area contributed by atoms with Crippen molar-refractivity contribution in [2.75, 3.05) is 54.0 Å². The minimum atomic E-state index is -1.24. The molecule has 2 amide bonds. The van der Waals surface area contributed by atoms with Crippen molar-refractivity contribution >= 4 is 23.9 Å². The highest BCUT2D eigenvalue weighted by atomic mass is 16.7. The number of amides is 2. The van der Waals surface area contributed by atoms with Gasteiger partial charge in [-0.1, -0.05) is 45.5 Å². The number of hydrogen-bond donors (Lipinski definition) is 2. The fraction of sp³-hybridized carbons (Fsp3) is 0.850. The van der Waals surface area contributed by atoms with Gasteiger partial charge in [0.2, 0.25) is 0 Å². The van der Waals surface area contributed by atoms with E-state index < -0.39 is 71.8 Å². The summed E-state index contributed by atoms with van der Waals surface area (Å²) in [7, 11) is 5.56. The minimum Gasteiger partial charge on any atom is -0.458 e. The van der Waals surface area contributed by atoms with Crippen LogP contribution < -0.4 is 10.6 Å². The van der Waals surface area contributed by atoms with E-state index in [-0.39, 0.29) is 42.9 Å². The summed E-state index contributed by atoms with van der Waals surface area (Å²) in [5, 5.41) is 10.0. The standard InChI is InChI=1S/C40H69N7O10/c1-13-19-53-37(50)43-23-29-20-30(46(10)11)25(4)36(54-29)56-34-26(5)32(48)27(6)35(49)55-31(14-2)40(9)33(28(7)42-22-24(3)21-39(34,8)52-12)47(38(51)57-40)18-16-15-17-44-45-41/h13,24-31,33-34,36,42H,1,14-23H2,2-12H3,(H,43,50)/t24-,25?,26+,27-,28-,29?,30?,31-,33-,34-,36+,39-,40-/m1/s1. The van der Waals surface area contributed by atoms with Gasteiger partial charge in [0.05, 0.1) is 23.9 Å². The summed E-state index contributed by atoms with van der Waals surface area (Å²) in [6.45, 7) is 20.0. The third-order valence-corrected chi connectivity index (χ3v) is 12.1. The second kappa shape index (κ2) is 21.5. The van der Waals surface area contributed by atoms with Gasteiger partial charge in [0.25, 0.3) is 0 Å². The number of carbonyl (C=O) groups is 4. The molecule has 13 atom stereocenters. The summed E-state index contributed by atoms with van der Waals surface area (Å²) in [6, 6.07) is -0.834. The van der Waals surface area contributed by atoms with Gasteiger partial charge in [0.1, 0.15) is 18.6 Å². The van der Waals surface area contributed by atoms with E-state index in [2.05, 4.69) is 39.1 Å². The van der Waals surface area contributed by atoms with Crippen molar-refractivity contribution in [2.45, 2.75) is 141 Å². The Morgan fingerprint density at radius 3 is 2.49 bits per heavy atom. The Kier molecular flexibility index (Phi) is 18.1. The van der Waals surface area contributed by atoms with Crippen LogP contribution >= 0.6 is 0 Å². The Bertz CT molecular complexity index is 1430. The molecule has 0 aromatic rings. The first-order valence-electron chi connectivity index (χ1n) is 20.4. The third kappa shape index (κ3) is 11.8. The summed E-state index contributed by atoms with van der Waals surface area (Å²) < 4.78 is 37.2. The van der Waals surface area contributed by atoms with E-state index in [9.17, 15) is 19.2 Å². The summed E-state index contributed by atoms with van der Waals surface area (Å²) in [5.74, 6) is -3.33. The first kappa shape index (κ1) is 47.9. The lowest BCUT2D eigenvalue weighted by molar-refractivity contribution is -0.282. The number of ketones is 1. The maximum Gasteiger partial charge on any atom is 0.410 e. The maximum absolute atomic E-state index is 14.5. The highest BCUT2D eigenvalue weighted by molar-refractivity contribution is 6.00. The zero-order valence-corrected chi connectivity index (χ0v) is 36.0. The van der Waals surface area contributed by atoms with E-state index in [1.165, 1.54) is 13.0 Å². The predicted octanol–water partition coefficient (Wildman–Crippen LogP) is 5.22. The number of alkyl carbamates (subject to hydrolysis) is 1. The van der Waals surface area contributed by atoms with Crippen LogP contribution in [0.25, 0.3) is 10.4 Å². The molecule has 57 heavy (non-hydrogen) atoms. The first-order chi connectivity index (χ1) is 26.9. The van der Waals surface area contributed by atoms with Crippen molar-refractivity contribution in [1.29, 1.82) is 0 Å². The van der Waals surface area contributed by atoms with Crippen molar-refractivity contribution < 1.29 is 47.6 Å². The average molecular weight is 808 g/mol. The third-order valence-electron chi connectivity index (χ3n) is 12.1. The van der Waals surface area contributed by atoms with E-state index in [0.29, 0.717) is 51.7 Å². The summed E-state index contributed by atoms with van der Waals surface area (Å²) in [6.07, 6.45) is -0.00601. The zero-order chi connectivity index (χ0) is 42.7. The molecule has 3 rings (SSSR count). The van der Waals surface area contributed by atoms with Crippen LogP contribution in [0.4, 0.5) is 9.59 Å². The highest BCUT2D eigenvalue weighted by Gasteiger charge is 2.58. The van der Waals surface area contributed by atoms with Crippen molar-refractivity contribution in [2.24, 2.45) is 28.8 Å². The van der Waals surface area contributed by atoms with Crippen LogP contribution in [-0.4, -0.2) is 142 Å². The number of ether oxygens (including phenoxy) is 6. The van der Waals surface area contributed by atoms with Gasteiger partial charge >= 0.3 is 18.2 Å². The van der Waals surface area contributed by atoms with Gasteiger partial charge < -0.3 is 44.0 Å². The number of methoxy groups -OCH3 is 1. The van der Waals surface area contributed by atoms with E-state index >= 15 is 0 Å². The van der Waals surface area contributed by atoms with Gasteiger partial charge in [0, 0.05) is 55.6 Å². The van der Waals surface area contributed by atoms with Crippen LogP contribution in [0.5, 0.6) is 0 Å². The molecule has 3 saturated heterocycles. The van der Waals surface area contributed by atoms with Crippen LogP contribution in [0, 0.1) is 23.7 Å². The average Bonchev–Trinajstić information content (AvgIpc) is 3.44. The van der Waals surface area contributed by atoms with E-state index in [1.54, 1.807) is 25.9 Å². The van der Waals surface area contributed by atoms with Crippen molar-refractivity contribution in [3.8, 4) is 0 Å². The number of Topliss-reactive ketones (excluding diaryl/α,β-unsaturated/α-hetero) is 1. The monoisotopic (exact) mass is 808 g/mol. The van der Waals surface area contributed by atoms with Gasteiger partial charge in [-0.3, -0.25) is 14.5 Å². The number of cyclic esters (lactones) is 1.